The number of aromatic nitrogens is 2. The molecule has 1 heterocycles. The third-order valence-corrected chi connectivity index (χ3v) is 2.15. The summed E-state index contributed by atoms with van der Waals surface area (Å²) >= 11 is 0. The average molecular weight is 225 g/mol. The molecule has 90 valence electrons. The number of carbonyl (C=O) groups excluding carboxylic acids is 1. The first-order chi connectivity index (χ1) is 7.83. The zero-order chi connectivity index (χ0) is 11.6. The topological polar surface area (TPSA) is 56.1 Å². The van der Waals surface area contributed by atoms with E-state index in [1.54, 1.807) is 12.5 Å². The van der Waals surface area contributed by atoms with Crippen molar-refractivity contribution in [3.05, 3.63) is 18.7 Å². The van der Waals surface area contributed by atoms with Gasteiger partial charge in [0.15, 0.2) is 0 Å². The smallest absolute Gasteiger partial charge is 0.305 e. The highest BCUT2D eigenvalue weighted by molar-refractivity contribution is 5.69. The van der Waals surface area contributed by atoms with Crippen molar-refractivity contribution >= 4 is 5.97 Å². The van der Waals surface area contributed by atoms with Gasteiger partial charge in [-0.1, -0.05) is 0 Å². The van der Waals surface area contributed by atoms with Gasteiger partial charge < -0.3 is 14.6 Å². The van der Waals surface area contributed by atoms with Crippen molar-refractivity contribution in [1.29, 1.82) is 0 Å². The van der Waals surface area contributed by atoms with Crippen LogP contribution in [0.4, 0.5) is 0 Å². The van der Waals surface area contributed by atoms with E-state index >= 15 is 0 Å². The first kappa shape index (κ1) is 12.7. The van der Waals surface area contributed by atoms with Crippen LogP contribution in [-0.4, -0.2) is 35.2 Å². The van der Waals surface area contributed by atoms with Gasteiger partial charge in [0.2, 0.25) is 0 Å². The molecular weight excluding hydrogens is 206 g/mol. The number of hydrogen-bond acceptors (Lipinski definition) is 4. The van der Waals surface area contributed by atoms with Crippen LogP contribution in [0.1, 0.15) is 19.8 Å². The van der Waals surface area contributed by atoms with Gasteiger partial charge in [-0.3, -0.25) is 4.79 Å². The van der Waals surface area contributed by atoms with Gasteiger partial charge in [-0.05, 0) is 19.9 Å². The molecule has 0 unspecified atom stereocenters. The van der Waals surface area contributed by atoms with Gasteiger partial charge in [0, 0.05) is 31.9 Å². The van der Waals surface area contributed by atoms with Gasteiger partial charge in [0.1, 0.15) is 0 Å². The van der Waals surface area contributed by atoms with Gasteiger partial charge in [-0.25, -0.2) is 4.98 Å². The van der Waals surface area contributed by atoms with E-state index in [1.165, 1.54) is 0 Å². The Hall–Kier alpha value is -1.36. The van der Waals surface area contributed by atoms with Crippen molar-refractivity contribution in [3.8, 4) is 0 Å². The van der Waals surface area contributed by atoms with Gasteiger partial charge in [0.25, 0.3) is 0 Å². The van der Waals surface area contributed by atoms with Crippen LogP contribution in [0.5, 0.6) is 0 Å². The lowest BCUT2D eigenvalue weighted by Crippen LogP contribution is -2.21. The van der Waals surface area contributed by atoms with E-state index in [1.807, 2.05) is 17.7 Å². The lowest BCUT2D eigenvalue weighted by molar-refractivity contribution is -0.143. The molecule has 0 radical (unpaired) electrons. The summed E-state index contributed by atoms with van der Waals surface area (Å²) in [6.45, 7) is 4.92. The molecule has 1 aromatic rings. The number of nitrogens with one attached hydrogen (secondary N) is 1. The quantitative estimate of drug-likeness (QED) is 0.525. The molecular formula is C11H19N3O2. The molecule has 0 bridgehead atoms. The SMILES string of the molecule is CCOC(=O)CCCNCCn1ccnc1. The molecule has 0 amide bonds. The van der Waals surface area contributed by atoms with Crippen LogP contribution in [0.3, 0.4) is 0 Å². The maximum absolute atomic E-state index is 11.0. The second kappa shape index (κ2) is 7.87. The highest BCUT2D eigenvalue weighted by Crippen LogP contribution is 1.91. The van der Waals surface area contributed by atoms with E-state index in [2.05, 4.69) is 10.3 Å². The lowest BCUT2D eigenvalue weighted by atomic mass is 10.3. The molecule has 0 aliphatic heterocycles. The predicted octanol–water partition coefficient (Wildman–Crippen LogP) is 0.816. The van der Waals surface area contributed by atoms with Crippen molar-refractivity contribution in [2.45, 2.75) is 26.3 Å². The van der Waals surface area contributed by atoms with E-state index in [9.17, 15) is 4.79 Å². The number of esters is 1. The van der Waals surface area contributed by atoms with E-state index < -0.39 is 0 Å². The molecule has 0 aliphatic carbocycles. The molecule has 1 N–H and O–H groups in total. The summed E-state index contributed by atoms with van der Waals surface area (Å²) < 4.78 is 6.84. The van der Waals surface area contributed by atoms with Gasteiger partial charge >= 0.3 is 5.97 Å². The molecule has 0 saturated carbocycles. The fraction of sp³-hybridized carbons (Fsp3) is 0.636. The molecule has 1 rings (SSSR count). The van der Waals surface area contributed by atoms with Gasteiger partial charge in [-0.2, -0.15) is 0 Å². The Morgan fingerprint density at radius 2 is 2.38 bits per heavy atom. The largest absolute Gasteiger partial charge is 0.466 e. The Kier molecular flexibility index (Phi) is 6.25. The second-order valence-corrected chi connectivity index (χ2v) is 3.46. The van der Waals surface area contributed by atoms with Crippen LogP contribution in [0, 0.1) is 0 Å². The van der Waals surface area contributed by atoms with Gasteiger partial charge in [-0.15, -0.1) is 0 Å². The number of hydrogen-bond donors (Lipinski definition) is 1. The Morgan fingerprint density at radius 1 is 1.50 bits per heavy atom. The third-order valence-electron chi connectivity index (χ3n) is 2.15. The minimum Gasteiger partial charge on any atom is -0.466 e. The fourth-order valence-corrected chi connectivity index (χ4v) is 1.34. The van der Waals surface area contributed by atoms with Crippen LogP contribution in [0.25, 0.3) is 0 Å². The first-order valence-corrected chi connectivity index (χ1v) is 5.65. The molecule has 0 aromatic carbocycles. The predicted molar refractivity (Wildman–Crippen MR) is 61.0 cm³/mol. The number of ether oxygens (including phenoxy) is 1. The Labute approximate surface area is 95.8 Å². The van der Waals surface area contributed by atoms with E-state index in [0.717, 1.165) is 26.1 Å². The molecule has 0 fully saturated rings. The van der Waals surface area contributed by atoms with Crippen LogP contribution in [0.15, 0.2) is 18.7 Å². The standard InChI is InChI=1S/C11H19N3O2/c1-2-16-11(15)4-3-5-12-6-8-14-9-7-13-10-14/h7,9-10,12H,2-6,8H2,1H3. The molecule has 0 aliphatic rings. The zero-order valence-corrected chi connectivity index (χ0v) is 9.69. The lowest BCUT2D eigenvalue weighted by Gasteiger charge is -2.05. The average Bonchev–Trinajstić information content (AvgIpc) is 2.76. The van der Waals surface area contributed by atoms with E-state index in [4.69, 9.17) is 4.74 Å². The van der Waals surface area contributed by atoms with E-state index in [-0.39, 0.29) is 5.97 Å². The summed E-state index contributed by atoms with van der Waals surface area (Å²) in [5.74, 6) is -0.112. The summed E-state index contributed by atoms with van der Waals surface area (Å²) in [6.07, 6.45) is 6.80. The highest BCUT2D eigenvalue weighted by Gasteiger charge is 1.99. The van der Waals surface area contributed by atoms with Crippen molar-refractivity contribution in [3.63, 3.8) is 0 Å². The molecule has 5 nitrogen and oxygen atoms in total. The van der Waals surface area contributed by atoms with E-state index in [0.29, 0.717) is 13.0 Å². The summed E-state index contributed by atoms with van der Waals surface area (Å²) in [4.78, 5) is 15.0. The first-order valence-electron chi connectivity index (χ1n) is 5.65. The van der Waals surface area contributed by atoms with Crippen molar-refractivity contribution in [2.75, 3.05) is 19.7 Å². The molecule has 0 saturated heterocycles. The number of nitrogens with zero attached hydrogens (tertiary/aromatic N) is 2. The third kappa shape index (κ3) is 5.50. The summed E-state index contributed by atoms with van der Waals surface area (Å²) in [7, 11) is 0. The Bertz CT molecular complexity index is 285. The molecule has 0 atom stereocenters. The van der Waals surface area contributed by atoms with Crippen molar-refractivity contribution in [1.82, 2.24) is 14.9 Å². The Balaban J connectivity index is 1.90. The minimum absolute atomic E-state index is 0.112. The summed E-state index contributed by atoms with van der Waals surface area (Å²) in [5, 5.41) is 3.26. The number of imidazole rings is 1. The van der Waals surface area contributed by atoms with Crippen molar-refractivity contribution < 1.29 is 9.53 Å². The number of carbonyl (C=O) groups is 1. The fourth-order valence-electron chi connectivity index (χ4n) is 1.34. The maximum atomic E-state index is 11.0. The summed E-state index contributed by atoms with van der Waals surface area (Å²) in [5.41, 5.74) is 0. The van der Waals surface area contributed by atoms with Crippen molar-refractivity contribution in [2.24, 2.45) is 0 Å². The van der Waals surface area contributed by atoms with Gasteiger partial charge in [0.05, 0.1) is 12.9 Å². The second-order valence-electron chi connectivity index (χ2n) is 3.46. The normalized spacial score (nSPS) is 10.3. The molecule has 16 heavy (non-hydrogen) atoms. The number of rotatable bonds is 8. The zero-order valence-electron chi connectivity index (χ0n) is 9.69. The molecule has 5 heteroatoms. The van der Waals surface area contributed by atoms with Crippen LogP contribution >= 0.6 is 0 Å². The van der Waals surface area contributed by atoms with Crippen LogP contribution in [-0.2, 0) is 16.1 Å². The molecule has 0 spiro atoms. The monoisotopic (exact) mass is 225 g/mol. The summed E-state index contributed by atoms with van der Waals surface area (Å²) in [6, 6.07) is 0. The Morgan fingerprint density at radius 3 is 3.06 bits per heavy atom. The maximum Gasteiger partial charge on any atom is 0.305 e. The van der Waals surface area contributed by atoms with Crippen LogP contribution in [0.2, 0.25) is 0 Å². The van der Waals surface area contributed by atoms with Crippen LogP contribution < -0.4 is 5.32 Å². The minimum atomic E-state index is -0.112. The highest BCUT2D eigenvalue weighted by atomic mass is 16.5. The molecule has 1 aromatic heterocycles.